The van der Waals surface area contributed by atoms with E-state index in [9.17, 15) is 13.6 Å². The lowest BCUT2D eigenvalue weighted by atomic mass is 9.89. The summed E-state index contributed by atoms with van der Waals surface area (Å²) >= 11 is 0. The van der Waals surface area contributed by atoms with Crippen molar-refractivity contribution in [1.29, 1.82) is 0 Å². The van der Waals surface area contributed by atoms with Crippen LogP contribution < -0.4 is 5.73 Å². The number of amides is 1. The largest absolute Gasteiger partial charge is 0.364 e. The van der Waals surface area contributed by atoms with Crippen molar-refractivity contribution in [2.45, 2.75) is 44.4 Å². The number of fused-ring (bicyclic) bond motifs is 1. The highest BCUT2D eigenvalue weighted by atomic mass is 19.3. The summed E-state index contributed by atoms with van der Waals surface area (Å²) in [5.74, 6) is -4.95. The second-order valence-corrected chi connectivity index (χ2v) is 4.88. The number of rotatable bonds is 4. The first-order chi connectivity index (χ1) is 8.49. The van der Waals surface area contributed by atoms with Crippen molar-refractivity contribution >= 4 is 5.91 Å². The van der Waals surface area contributed by atoms with E-state index >= 15 is 0 Å². The van der Waals surface area contributed by atoms with Crippen molar-refractivity contribution in [3.05, 3.63) is 34.9 Å². The Morgan fingerprint density at radius 2 is 1.89 bits per heavy atom. The quantitative estimate of drug-likeness (QED) is 0.880. The fraction of sp³-hybridized carbons (Fsp3) is 0.500. The van der Waals surface area contributed by atoms with Crippen LogP contribution in [-0.2, 0) is 24.1 Å². The highest BCUT2D eigenvalue weighted by Crippen LogP contribution is 2.25. The molecule has 0 atom stereocenters. The minimum absolute atomic E-state index is 0.184. The monoisotopic (exact) mass is 253 g/mol. The van der Waals surface area contributed by atoms with Crippen LogP contribution in [0.5, 0.6) is 0 Å². The smallest absolute Gasteiger partial charge is 0.324 e. The van der Waals surface area contributed by atoms with Crippen molar-refractivity contribution in [3.8, 4) is 0 Å². The second kappa shape index (κ2) is 5.04. The lowest BCUT2D eigenvalue weighted by Gasteiger charge is -2.17. The molecule has 0 bridgehead atoms. The molecule has 2 rings (SSSR count). The van der Waals surface area contributed by atoms with E-state index in [0.717, 1.165) is 24.8 Å². The Hall–Kier alpha value is -1.45. The molecule has 0 heterocycles. The number of benzene rings is 1. The molecule has 1 amide bonds. The first-order valence-electron chi connectivity index (χ1n) is 6.27. The van der Waals surface area contributed by atoms with E-state index in [1.165, 1.54) is 17.5 Å². The number of aryl methyl sites for hydroxylation is 3. The average Bonchev–Trinajstić information content (AvgIpc) is 2.36. The average molecular weight is 253 g/mol. The van der Waals surface area contributed by atoms with Crippen molar-refractivity contribution in [3.63, 3.8) is 0 Å². The van der Waals surface area contributed by atoms with Crippen LogP contribution in [0.4, 0.5) is 8.78 Å². The Balaban J connectivity index is 2.04. The minimum atomic E-state index is -3.41. The molecule has 98 valence electrons. The molecular formula is C14H17F2NO. The zero-order valence-electron chi connectivity index (χ0n) is 10.2. The maximum absolute atomic E-state index is 13.1. The predicted molar refractivity (Wildman–Crippen MR) is 65.5 cm³/mol. The van der Waals surface area contributed by atoms with Gasteiger partial charge in [0.1, 0.15) is 0 Å². The Kier molecular flexibility index (Phi) is 3.64. The van der Waals surface area contributed by atoms with Crippen LogP contribution >= 0.6 is 0 Å². The minimum Gasteiger partial charge on any atom is -0.364 e. The zero-order chi connectivity index (χ0) is 13.2. The molecule has 2 nitrogen and oxygen atoms in total. The SMILES string of the molecule is NC(=O)C(F)(F)CCc1ccc2c(c1)CCCC2. The van der Waals surface area contributed by atoms with Gasteiger partial charge in [-0.25, -0.2) is 0 Å². The molecule has 0 unspecified atom stereocenters. The first-order valence-corrected chi connectivity index (χ1v) is 6.27. The normalized spacial score (nSPS) is 15.2. The number of primary amides is 1. The molecular weight excluding hydrogens is 236 g/mol. The summed E-state index contributed by atoms with van der Waals surface area (Å²) in [6.07, 6.45) is 4.13. The van der Waals surface area contributed by atoms with E-state index in [2.05, 4.69) is 5.73 Å². The molecule has 1 aliphatic carbocycles. The van der Waals surface area contributed by atoms with E-state index in [-0.39, 0.29) is 6.42 Å². The summed E-state index contributed by atoms with van der Waals surface area (Å²) in [7, 11) is 0. The second-order valence-electron chi connectivity index (χ2n) is 4.88. The summed E-state index contributed by atoms with van der Waals surface area (Å²) in [5, 5.41) is 0. The maximum atomic E-state index is 13.1. The zero-order valence-corrected chi connectivity index (χ0v) is 10.2. The third kappa shape index (κ3) is 2.86. The van der Waals surface area contributed by atoms with Gasteiger partial charge >= 0.3 is 5.92 Å². The molecule has 0 saturated carbocycles. The van der Waals surface area contributed by atoms with Crippen LogP contribution in [0.2, 0.25) is 0 Å². The third-order valence-electron chi connectivity index (χ3n) is 3.50. The Morgan fingerprint density at radius 3 is 2.56 bits per heavy atom. The summed E-state index contributed by atoms with van der Waals surface area (Å²) in [6, 6.07) is 5.89. The van der Waals surface area contributed by atoms with Crippen LogP contribution in [-0.4, -0.2) is 11.8 Å². The molecule has 1 aromatic carbocycles. The van der Waals surface area contributed by atoms with Gasteiger partial charge in [-0.3, -0.25) is 4.79 Å². The van der Waals surface area contributed by atoms with Gasteiger partial charge in [-0.2, -0.15) is 8.78 Å². The van der Waals surface area contributed by atoms with Crippen molar-refractivity contribution in [2.24, 2.45) is 5.73 Å². The number of halogens is 2. The van der Waals surface area contributed by atoms with E-state index < -0.39 is 18.3 Å². The molecule has 1 aliphatic rings. The van der Waals surface area contributed by atoms with Gasteiger partial charge in [0.25, 0.3) is 5.91 Å². The Bertz CT molecular complexity index is 457. The molecule has 18 heavy (non-hydrogen) atoms. The van der Waals surface area contributed by atoms with Gasteiger partial charge < -0.3 is 5.73 Å². The number of carbonyl (C=O) groups excluding carboxylic acids is 1. The van der Waals surface area contributed by atoms with E-state index in [1.54, 1.807) is 0 Å². The van der Waals surface area contributed by atoms with Gasteiger partial charge in [-0.15, -0.1) is 0 Å². The molecule has 0 saturated heterocycles. The van der Waals surface area contributed by atoms with Gasteiger partial charge in [0.05, 0.1) is 0 Å². The number of carbonyl (C=O) groups is 1. The lowest BCUT2D eigenvalue weighted by molar-refractivity contribution is -0.142. The number of alkyl halides is 2. The van der Waals surface area contributed by atoms with Gasteiger partial charge in [0, 0.05) is 6.42 Å². The van der Waals surface area contributed by atoms with Crippen LogP contribution in [0.15, 0.2) is 18.2 Å². The Morgan fingerprint density at radius 1 is 1.22 bits per heavy atom. The van der Waals surface area contributed by atoms with Crippen LogP contribution in [0.1, 0.15) is 36.0 Å². The van der Waals surface area contributed by atoms with E-state index in [0.29, 0.717) is 0 Å². The molecule has 0 aliphatic heterocycles. The summed E-state index contributed by atoms with van der Waals surface area (Å²) in [4.78, 5) is 10.5. The molecule has 1 aromatic rings. The summed E-state index contributed by atoms with van der Waals surface area (Å²) < 4.78 is 26.2. The third-order valence-corrected chi connectivity index (χ3v) is 3.50. The lowest BCUT2D eigenvalue weighted by Crippen LogP contribution is -2.35. The molecule has 0 radical (unpaired) electrons. The molecule has 0 fully saturated rings. The predicted octanol–water partition coefficient (Wildman–Crippen LogP) is 2.62. The maximum Gasteiger partial charge on any atom is 0.324 e. The van der Waals surface area contributed by atoms with E-state index in [4.69, 9.17) is 0 Å². The van der Waals surface area contributed by atoms with Crippen molar-refractivity contribution < 1.29 is 13.6 Å². The van der Waals surface area contributed by atoms with Crippen LogP contribution in [0.3, 0.4) is 0 Å². The highest BCUT2D eigenvalue weighted by molar-refractivity contribution is 5.81. The fourth-order valence-electron chi connectivity index (χ4n) is 2.37. The van der Waals surface area contributed by atoms with Crippen LogP contribution in [0, 0.1) is 0 Å². The van der Waals surface area contributed by atoms with Gasteiger partial charge in [0.15, 0.2) is 0 Å². The molecule has 0 aromatic heterocycles. The Labute approximate surface area is 105 Å². The molecule has 2 N–H and O–H groups in total. The molecule has 0 spiro atoms. The summed E-state index contributed by atoms with van der Waals surface area (Å²) in [5.41, 5.74) is 8.10. The van der Waals surface area contributed by atoms with Crippen molar-refractivity contribution in [1.82, 2.24) is 0 Å². The summed E-state index contributed by atoms with van der Waals surface area (Å²) in [6.45, 7) is 0. The number of hydrogen-bond acceptors (Lipinski definition) is 1. The van der Waals surface area contributed by atoms with E-state index in [1.807, 2.05) is 18.2 Å². The topological polar surface area (TPSA) is 43.1 Å². The first kappa shape index (κ1) is 13.0. The standard InChI is InChI=1S/C14H17F2NO/c15-14(16,13(17)18)8-7-10-5-6-11-3-1-2-4-12(11)9-10/h5-6,9H,1-4,7-8H2,(H2,17,18). The van der Waals surface area contributed by atoms with Crippen LogP contribution in [0.25, 0.3) is 0 Å². The van der Waals surface area contributed by atoms with Gasteiger partial charge in [-0.1, -0.05) is 18.2 Å². The number of nitrogens with two attached hydrogens (primary N) is 1. The number of hydrogen-bond donors (Lipinski definition) is 1. The highest BCUT2D eigenvalue weighted by Gasteiger charge is 2.35. The fourth-order valence-corrected chi connectivity index (χ4v) is 2.37. The van der Waals surface area contributed by atoms with Crippen molar-refractivity contribution in [2.75, 3.05) is 0 Å². The van der Waals surface area contributed by atoms with Gasteiger partial charge in [0.2, 0.25) is 0 Å². The molecule has 4 heteroatoms. The van der Waals surface area contributed by atoms with Gasteiger partial charge in [-0.05, 0) is 48.8 Å².